The Labute approximate surface area is 247 Å². The summed E-state index contributed by atoms with van der Waals surface area (Å²) in [7, 11) is 0. The highest BCUT2D eigenvalue weighted by Crippen LogP contribution is 2.43. The second-order valence-corrected chi connectivity index (χ2v) is 12.6. The van der Waals surface area contributed by atoms with Crippen LogP contribution in [-0.4, -0.2) is 61.9 Å². The molecule has 3 fully saturated rings. The molecule has 1 saturated carbocycles. The van der Waals surface area contributed by atoms with Crippen LogP contribution in [0.2, 0.25) is 0 Å². The van der Waals surface area contributed by atoms with Crippen LogP contribution in [0.15, 0.2) is 34.2 Å². The van der Waals surface area contributed by atoms with Gasteiger partial charge in [0.15, 0.2) is 12.3 Å². The van der Waals surface area contributed by atoms with Gasteiger partial charge in [0.25, 0.3) is 11.5 Å². The van der Waals surface area contributed by atoms with E-state index in [1.807, 2.05) is 28.8 Å². The van der Waals surface area contributed by atoms with Crippen LogP contribution < -0.4 is 11.3 Å². The van der Waals surface area contributed by atoms with E-state index in [2.05, 4.69) is 22.0 Å². The van der Waals surface area contributed by atoms with Gasteiger partial charge in [0.2, 0.25) is 0 Å². The molecule has 3 heterocycles. The summed E-state index contributed by atoms with van der Waals surface area (Å²) in [5.74, 6) is -1.01. The van der Waals surface area contributed by atoms with Gasteiger partial charge < -0.3 is 20.2 Å². The number of fused-ring (bicyclic) bond motifs is 3. The number of carboxylic acid groups (broad SMARTS) is 1. The molecule has 0 spiro atoms. The monoisotopic (exact) mass is 579 g/mol. The highest BCUT2D eigenvalue weighted by molar-refractivity contribution is 6.00. The van der Waals surface area contributed by atoms with Gasteiger partial charge >= 0.3 is 5.97 Å². The Morgan fingerprint density at radius 1 is 0.952 bits per heavy atom. The fourth-order valence-corrected chi connectivity index (χ4v) is 7.70. The fraction of sp³-hybridized carbons (Fsp3) is 0.656. The number of primary amides is 1. The molecule has 1 aliphatic carbocycles. The van der Waals surface area contributed by atoms with Crippen molar-refractivity contribution in [2.75, 3.05) is 6.61 Å². The molecule has 0 unspecified atom stereocenters. The largest absolute Gasteiger partial charge is 0.481 e. The Morgan fingerprint density at radius 2 is 1.62 bits per heavy atom. The number of benzene rings is 1. The molecule has 10 heteroatoms. The minimum atomic E-state index is -1.03. The maximum absolute atomic E-state index is 14.2. The van der Waals surface area contributed by atoms with Crippen molar-refractivity contribution in [2.24, 2.45) is 16.8 Å². The fourth-order valence-electron chi connectivity index (χ4n) is 7.70. The van der Waals surface area contributed by atoms with Crippen LogP contribution >= 0.6 is 0 Å². The smallest absolute Gasteiger partial charge is 0.303 e. The number of nitrogens with zero attached hydrogens (tertiary/aromatic N) is 4. The van der Waals surface area contributed by atoms with E-state index >= 15 is 0 Å². The zero-order valence-electron chi connectivity index (χ0n) is 24.7. The molecule has 1 aromatic heterocycles. The van der Waals surface area contributed by atoms with Crippen molar-refractivity contribution in [2.45, 2.75) is 121 Å². The average molecular weight is 580 g/mol. The number of para-hydroxylation sites is 2. The summed E-state index contributed by atoms with van der Waals surface area (Å²) >= 11 is 0. The van der Waals surface area contributed by atoms with Gasteiger partial charge in [0.1, 0.15) is 5.71 Å². The van der Waals surface area contributed by atoms with Crippen molar-refractivity contribution in [1.82, 2.24) is 14.5 Å². The molecule has 1 amide bonds. The number of hydrogen-bond donors (Lipinski definition) is 2. The third-order valence-corrected chi connectivity index (χ3v) is 9.48. The standard InChI is InChI=1S/C32H45N5O5/c1-21-9-4-2-3-5-10-22(17-21)36-23-11-8-12-24(36)19-25(18-23)37-28-14-7-6-13-26(28)34-31(32(37)41)27(15-16-30(39)40)35-42-20-29(33)38/h6-7,13-14,21-25H,2-5,8-12,15-20H2,1H3,(H2,33,38)(H,39,40)/b35-27+/t21-,22-,23-,24+,25+/m1/s1. The maximum atomic E-state index is 14.2. The van der Waals surface area contributed by atoms with Crippen molar-refractivity contribution in [3.8, 4) is 0 Å². The molecular formula is C32H45N5O5. The van der Waals surface area contributed by atoms with Gasteiger partial charge in [-0.3, -0.25) is 19.3 Å². The first-order valence-electron chi connectivity index (χ1n) is 15.8. The highest BCUT2D eigenvalue weighted by atomic mass is 16.6. The first kappa shape index (κ1) is 30.2. The number of carboxylic acids is 1. The van der Waals surface area contributed by atoms with Crippen LogP contribution in [0.5, 0.6) is 0 Å². The Kier molecular flexibility index (Phi) is 9.92. The van der Waals surface area contributed by atoms with Crippen molar-refractivity contribution in [3.05, 3.63) is 40.3 Å². The Morgan fingerprint density at radius 3 is 2.33 bits per heavy atom. The average Bonchev–Trinajstić information content (AvgIpc) is 3.05. The Balaban J connectivity index is 1.50. The summed E-state index contributed by atoms with van der Waals surface area (Å²) < 4.78 is 1.89. The number of rotatable bonds is 9. The second-order valence-electron chi connectivity index (χ2n) is 12.6. The number of aliphatic carboxylic acids is 1. The molecule has 0 radical (unpaired) electrons. The van der Waals surface area contributed by atoms with Gasteiger partial charge in [-0.05, 0) is 56.6 Å². The molecule has 228 valence electrons. The molecule has 42 heavy (non-hydrogen) atoms. The van der Waals surface area contributed by atoms with Crippen LogP contribution in [0.3, 0.4) is 0 Å². The summed E-state index contributed by atoms with van der Waals surface area (Å²) in [6.45, 7) is 1.95. The number of nitrogens with two attached hydrogens (primary N) is 1. The second kappa shape index (κ2) is 13.8. The summed E-state index contributed by atoms with van der Waals surface area (Å²) in [5.41, 5.74) is 6.49. The zero-order valence-corrected chi connectivity index (χ0v) is 24.7. The van der Waals surface area contributed by atoms with Crippen molar-refractivity contribution in [1.29, 1.82) is 0 Å². The van der Waals surface area contributed by atoms with Gasteiger partial charge in [-0.15, -0.1) is 0 Å². The summed E-state index contributed by atoms with van der Waals surface area (Å²) in [4.78, 5) is 49.5. The summed E-state index contributed by atoms with van der Waals surface area (Å²) in [6, 6.07) is 9.06. The van der Waals surface area contributed by atoms with Crippen molar-refractivity contribution < 1.29 is 19.5 Å². The lowest BCUT2D eigenvalue weighted by atomic mass is 9.78. The number of carbonyl (C=O) groups excluding carboxylic acids is 1. The number of hydrogen-bond acceptors (Lipinski definition) is 7. The summed E-state index contributed by atoms with van der Waals surface area (Å²) in [5, 5.41) is 13.3. The molecular weight excluding hydrogens is 534 g/mol. The van der Waals surface area contributed by atoms with E-state index < -0.39 is 18.5 Å². The van der Waals surface area contributed by atoms with E-state index in [4.69, 9.17) is 10.6 Å². The SMILES string of the molecule is C[C@@H]1CCCCCC[C@@H](N2[C@@H]3CCC[C@H]2C[C@@H](n2c(=O)c(/C(CCC(=O)O)=N/OCC(N)=O)nc4ccccc42)C3)C1. The van der Waals surface area contributed by atoms with E-state index in [-0.39, 0.29) is 35.8 Å². The van der Waals surface area contributed by atoms with Crippen LogP contribution in [0.25, 0.3) is 11.0 Å². The van der Waals surface area contributed by atoms with Crippen molar-refractivity contribution in [3.63, 3.8) is 0 Å². The number of piperidine rings is 2. The lowest BCUT2D eigenvalue weighted by molar-refractivity contribution is -0.136. The minimum Gasteiger partial charge on any atom is -0.481 e. The molecule has 1 aromatic carbocycles. The van der Waals surface area contributed by atoms with E-state index in [1.165, 1.54) is 51.4 Å². The number of amides is 1. The normalized spacial score (nSPS) is 27.5. The quantitative estimate of drug-likeness (QED) is 0.322. The predicted molar refractivity (Wildman–Crippen MR) is 161 cm³/mol. The topological polar surface area (TPSA) is 140 Å². The third-order valence-electron chi connectivity index (χ3n) is 9.48. The molecule has 5 rings (SSSR count). The van der Waals surface area contributed by atoms with Crippen LogP contribution in [0.1, 0.15) is 109 Å². The number of carbonyl (C=O) groups is 2. The van der Waals surface area contributed by atoms with E-state index in [1.54, 1.807) is 0 Å². The third kappa shape index (κ3) is 7.02. The van der Waals surface area contributed by atoms with Gasteiger partial charge in [-0.1, -0.05) is 62.7 Å². The Bertz CT molecular complexity index is 1340. The Hall–Kier alpha value is -3.27. The van der Waals surface area contributed by atoms with E-state index in [0.717, 1.165) is 37.1 Å². The molecule has 10 nitrogen and oxygen atoms in total. The molecule has 3 aliphatic rings. The predicted octanol–water partition coefficient (Wildman–Crippen LogP) is 4.77. The summed E-state index contributed by atoms with van der Waals surface area (Å²) in [6.07, 6.45) is 14.1. The lowest BCUT2D eigenvalue weighted by Crippen LogP contribution is -2.57. The zero-order chi connectivity index (χ0) is 29.6. The van der Waals surface area contributed by atoms with E-state index in [9.17, 15) is 19.5 Å². The molecule has 2 aromatic rings. The van der Waals surface area contributed by atoms with Crippen LogP contribution in [0, 0.1) is 5.92 Å². The minimum absolute atomic E-state index is 0.00304. The highest BCUT2D eigenvalue weighted by Gasteiger charge is 2.43. The molecule has 2 saturated heterocycles. The molecule has 2 bridgehead atoms. The molecule has 2 aliphatic heterocycles. The number of oxime groups is 1. The van der Waals surface area contributed by atoms with Crippen LogP contribution in [0.4, 0.5) is 0 Å². The maximum Gasteiger partial charge on any atom is 0.303 e. The van der Waals surface area contributed by atoms with Gasteiger partial charge in [0, 0.05) is 30.6 Å². The first-order valence-corrected chi connectivity index (χ1v) is 15.8. The van der Waals surface area contributed by atoms with Crippen molar-refractivity contribution >= 4 is 28.6 Å². The lowest BCUT2D eigenvalue weighted by Gasteiger charge is -2.53. The van der Waals surface area contributed by atoms with E-state index in [0.29, 0.717) is 23.6 Å². The van der Waals surface area contributed by atoms with Gasteiger partial charge in [-0.2, -0.15) is 0 Å². The first-order chi connectivity index (χ1) is 20.3. The van der Waals surface area contributed by atoms with Gasteiger partial charge in [-0.25, -0.2) is 4.98 Å². The van der Waals surface area contributed by atoms with Crippen LogP contribution in [-0.2, 0) is 14.4 Å². The van der Waals surface area contributed by atoms with Gasteiger partial charge in [0.05, 0.1) is 17.5 Å². The molecule has 5 atom stereocenters. The molecule has 3 N–H and O–H groups in total. The number of aromatic nitrogens is 2.